The molecule has 0 saturated carbocycles. The predicted molar refractivity (Wildman–Crippen MR) is 46.5 cm³/mol. The minimum atomic E-state index is 0.0393. The van der Waals surface area contributed by atoms with Gasteiger partial charge in [-0.1, -0.05) is 0 Å². The summed E-state index contributed by atoms with van der Waals surface area (Å²) in [5, 5.41) is 19.2. The fourth-order valence-electron chi connectivity index (χ4n) is 1.81. The monoisotopic (exact) mass is 172 g/mol. The summed E-state index contributed by atoms with van der Waals surface area (Å²) < 4.78 is 0. The summed E-state index contributed by atoms with van der Waals surface area (Å²) in [5.74, 6) is 0. The molecule has 1 N–H and O–H groups in total. The van der Waals surface area contributed by atoms with Gasteiger partial charge in [-0.25, -0.2) is 5.11 Å². The molecule has 0 aliphatic carbocycles. The molecule has 0 aromatic carbocycles. The van der Waals surface area contributed by atoms with Gasteiger partial charge in [-0.05, 0) is 38.8 Å². The Bertz CT molecular complexity index is 119. The number of rotatable bonds is 5. The number of aliphatic hydroxyl groups is 1. The van der Waals surface area contributed by atoms with E-state index in [2.05, 4.69) is 4.90 Å². The van der Waals surface area contributed by atoms with E-state index in [0.717, 1.165) is 32.4 Å². The van der Waals surface area contributed by atoms with Crippen molar-refractivity contribution in [3.05, 3.63) is 0 Å². The fourth-order valence-corrected chi connectivity index (χ4v) is 1.81. The van der Waals surface area contributed by atoms with E-state index in [1.165, 1.54) is 6.42 Å². The van der Waals surface area contributed by atoms with Crippen LogP contribution in [0.15, 0.2) is 0 Å². The van der Waals surface area contributed by atoms with Crippen LogP contribution in [0.25, 0.3) is 0 Å². The van der Waals surface area contributed by atoms with Gasteiger partial charge < -0.3 is 5.11 Å². The minimum Gasteiger partial charge on any atom is -0.395 e. The Morgan fingerprint density at radius 2 is 2.25 bits per heavy atom. The van der Waals surface area contributed by atoms with E-state index in [1.54, 1.807) is 0 Å². The SMILES string of the molecule is [O]CCCCN1CCCC1CO. The number of unbranched alkanes of at least 4 members (excludes halogenated alkanes) is 1. The average Bonchev–Trinajstić information content (AvgIpc) is 2.52. The number of likely N-dealkylation sites (tertiary alicyclic amines) is 1. The second-order valence-electron chi connectivity index (χ2n) is 3.43. The lowest BCUT2D eigenvalue weighted by Crippen LogP contribution is -2.33. The second kappa shape index (κ2) is 5.51. The summed E-state index contributed by atoms with van der Waals surface area (Å²) in [6.07, 6.45) is 4.07. The number of nitrogens with zero attached hydrogens (tertiary/aromatic N) is 1. The smallest absolute Gasteiger partial charge is 0.0822 e. The molecule has 0 aromatic rings. The molecule has 1 unspecified atom stereocenters. The maximum atomic E-state index is 10.2. The zero-order valence-corrected chi connectivity index (χ0v) is 7.54. The van der Waals surface area contributed by atoms with Crippen LogP contribution >= 0.6 is 0 Å². The molecule has 3 nitrogen and oxygen atoms in total. The van der Waals surface area contributed by atoms with Crippen molar-refractivity contribution < 1.29 is 10.2 Å². The number of hydrogen-bond acceptors (Lipinski definition) is 2. The Labute approximate surface area is 74.0 Å². The van der Waals surface area contributed by atoms with Gasteiger partial charge in [-0.15, -0.1) is 0 Å². The van der Waals surface area contributed by atoms with Crippen LogP contribution in [0.2, 0.25) is 0 Å². The first kappa shape index (κ1) is 9.96. The third-order valence-electron chi connectivity index (χ3n) is 2.55. The van der Waals surface area contributed by atoms with E-state index in [4.69, 9.17) is 5.11 Å². The van der Waals surface area contributed by atoms with E-state index < -0.39 is 0 Å². The van der Waals surface area contributed by atoms with Crippen molar-refractivity contribution in [2.45, 2.75) is 31.7 Å². The van der Waals surface area contributed by atoms with Crippen molar-refractivity contribution in [1.82, 2.24) is 4.90 Å². The topological polar surface area (TPSA) is 43.4 Å². The molecule has 1 rings (SSSR count). The van der Waals surface area contributed by atoms with E-state index in [0.29, 0.717) is 6.04 Å². The molecule has 1 saturated heterocycles. The lowest BCUT2D eigenvalue weighted by Gasteiger charge is -2.21. The van der Waals surface area contributed by atoms with Gasteiger partial charge in [0.2, 0.25) is 0 Å². The molecule has 0 aromatic heterocycles. The van der Waals surface area contributed by atoms with Crippen LogP contribution in [0, 0.1) is 0 Å². The predicted octanol–water partition coefficient (Wildman–Crippen LogP) is 0.654. The molecule has 1 aliphatic heterocycles. The molecule has 0 amide bonds. The molecular weight excluding hydrogens is 154 g/mol. The van der Waals surface area contributed by atoms with E-state index >= 15 is 0 Å². The van der Waals surface area contributed by atoms with Crippen molar-refractivity contribution >= 4 is 0 Å². The van der Waals surface area contributed by atoms with Crippen molar-refractivity contribution in [2.75, 3.05) is 26.3 Å². The molecule has 1 fully saturated rings. The highest BCUT2D eigenvalue weighted by molar-refractivity contribution is 4.77. The van der Waals surface area contributed by atoms with Crippen molar-refractivity contribution in [3.63, 3.8) is 0 Å². The molecule has 12 heavy (non-hydrogen) atoms. The van der Waals surface area contributed by atoms with Gasteiger partial charge in [-0.2, -0.15) is 0 Å². The first-order valence-corrected chi connectivity index (χ1v) is 4.81. The van der Waals surface area contributed by atoms with Gasteiger partial charge in [0.25, 0.3) is 0 Å². The van der Waals surface area contributed by atoms with Crippen LogP contribution in [0.5, 0.6) is 0 Å². The third kappa shape index (κ3) is 2.73. The molecule has 0 spiro atoms. The van der Waals surface area contributed by atoms with Gasteiger partial charge in [-0.3, -0.25) is 4.90 Å². The number of hydrogen-bond donors (Lipinski definition) is 1. The Morgan fingerprint density at radius 1 is 1.42 bits per heavy atom. The quantitative estimate of drug-likeness (QED) is 0.619. The summed E-state index contributed by atoms with van der Waals surface area (Å²) in [4.78, 5) is 2.30. The van der Waals surface area contributed by atoms with Crippen molar-refractivity contribution in [3.8, 4) is 0 Å². The van der Waals surface area contributed by atoms with Crippen molar-refractivity contribution in [2.24, 2.45) is 0 Å². The summed E-state index contributed by atoms with van der Waals surface area (Å²) in [6, 6.07) is 0.372. The molecule has 3 heteroatoms. The van der Waals surface area contributed by atoms with E-state index in [9.17, 15) is 5.11 Å². The third-order valence-corrected chi connectivity index (χ3v) is 2.55. The van der Waals surface area contributed by atoms with Gasteiger partial charge >= 0.3 is 0 Å². The molecule has 1 aliphatic rings. The Kier molecular flexibility index (Phi) is 4.58. The molecule has 1 heterocycles. The number of aliphatic hydroxyl groups excluding tert-OH is 1. The highest BCUT2D eigenvalue weighted by Gasteiger charge is 2.22. The van der Waals surface area contributed by atoms with Crippen LogP contribution in [0.3, 0.4) is 0 Å². The Balaban J connectivity index is 2.12. The zero-order valence-electron chi connectivity index (χ0n) is 7.54. The summed E-state index contributed by atoms with van der Waals surface area (Å²) in [7, 11) is 0. The van der Waals surface area contributed by atoms with Gasteiger partial charge in [0.15, 0.2) is 0 Å². The van der Waals surface area contributed by atoms with Crippen LogP contribution in [0.1, 0.15) is 25.7 Å². The Morgan fingerprint density at radius 3 is 2.92 bits per heavy atom. The summed E-state index contributed by atoms with van der Waals surface area (Å²) >= 11 is 0. The lowest BCUT2D eigenvalue weighted by atomic mass is 10.2. The highest BCUT2D eigenvalue weighted by atomic mass is 16.3. The molecular formula is C9H18NO2. The molecule has 1 radical (unpaired) electrons. The van der Waals surface area contributed by atoms with Crippen LogP contribution in [-0.4, -0.2) is 42.4 Å². The fraction of sp³-hybridized carbons (Fsp3) is 1.00. The van der Waals surface area contributed by atoms with E-state index in [1.807, 2.05) is 0 Å². The zero-order chi connectivity index (χ0) is 8.81. The van der Waals surface area contributed by atoms with Gasteiger partial charge in [0.05, 0.1) is 13.2 Å². The largest absolute Gasteiger partial charge is 0.395 e. The van der Waals surface area contributed by atoms with Crippen molar-refractivity contribution in [1.29, 1.82) is 0 Å². The molecule has 1 atom stereocenters. The first-order chi connectivity index (χ1) is 5.88. The van der Waals surface area contributed by atoms with E-state index in [-0.39, 0.29) is 13.2 Å². The normalized spacial score (nSPS) is 25.0. The van der Waals surface area contributed by atoms with Gasteiger partial charge in [0.1, 0.15) is 0 Å². The maximum absolute atomic E-state index is 10.2. The molecule has 71 valence electrons. The standard InChI is InChI=1S/C9H18NO2/c11-7-2-1-5-10-6-3-4-9(10)8-12/h9,12H,1-8H2. The first-order valence-electron chi connectivity index (χ1n) is 4.81. The van der Waals surface area contributed by atoms with Crippen LogP contribution < -0.4 is 0 Å². The summed E-state index contributed by atoms with van der Waals surface area (Å²) in [5.41, 5.74) is 0. The minimum absolute atomic E-state index is 0.0393. The highest BCUT2D eigenvalue weighted by Crippen LogP contribution is 2.16. The maximum Gasteiger partial charge on any atom is 0.0822 e. The second-order valence-corrected chi connectivity index (χ2v) is 3.43. The van der Waals surface area contributed by atoms with Crippen LogP contribution in [-0.2, 0) is 5.11 Å². The van der Waals surface area contributed by atoms with Gasteiger partial charge in [0, 0.05) is 6.04 Å². The lowest BCUT2D eigenvalue weighted by molar-refractivity contribution is 0.146. The Hall–Kier alpha value is -0.120. The van der Waals surface area contributed by atoms with Crippen LogP contribution in [0.4, 0.5) is 0 Å². The average molecular weight is 172 g/mol. The molecule has 0 bridgehead atoms. The summed E-state index contributed by atoms with van der Waals surface area (Å²) in [6.45, 7) is 2.41.